The van der Waals surface area contributed by atoms with E-state index in [1.807, 2.05) is 0 Å². The Morgan fingerprint density at radius 1 is 1.17 bits per heavy atom. The number of esters is 1. The minimum absolute atomic E-state index is 0.0156. The molecule has 2 saturated carbocycles. The second-order valence-corrected chi connectivity index (χ2v) is 14.4. The molecule has 0 aromatic carbocycles. The highest BCUT2D eigenvalue weighted by Crippen LogP contribution is 2.53. The van der Waals surface area contributed by atoms with Crippen LogP contribution in [0, 0.1) is 11.8 Å². The van der Waals surface area contributed by atoms with Crippen LogP contribution in [0.3, 0.4) is 0 Å². The quantitative estimate of drug-likeness (QED) is 0.412. The van der Waals surface area contributed by atoms with Gasteiger partial charge < -0.3 is 9.16 Å². The Kier molecular flexibility index (Phi) is 4.08. The predicted octanol–water partition coefficient (Wildman–Crippen LogP) is 4.83. The van der Waals surface area contributed by atoms with Gasteiger partial charge in [-0.15, -0.1) is 0 Å². The smallest absolute Gasteiger partial charge is 0.333 e. The van der Waals surface area contributed by atoms with Crippen LogP contribution in [0.1, 0.15) is 59.3 Å². The molecule has 0 amide bonds. The summed E-state index contributed by atoms with van der Waals surface area (Å²) in [5.74, 6) is 0.985. The Balaban J connectivity index is 1.90. The van der Waals surface area contributed by atoms with Crippen LogP contribution < -0.4 is 0 Å². The van der Waals surface area contributed by atoms with E-state index in [0.29, 0.717) is 17.4 Å². The lowest BCUT2D eigenvalue weighted by Crippen LogP contribution is -2.56. The van der Waals surface area contributed by atoms with Crippen LogP contribution in [-0.4, -0.2) is 26.0 Å². The van der Waals surface area contributed by atoms with Gasteiger partial charge in [0.2, 0.25) is 0 Å². The van der Waals surface area contributed by atoms with Gasteiger partial charge in [0.15, 0.2) is 8.32 Å². The summed E-state index contributed by atoms with van der Waals surface area (Å²) >= 11 is 0. The van der Waals surface area contributed by atoms with E-state index in [2.05, 4.69) is 40.4 Å². The minimum Gasteiger partial charge on any atom is -0.459 e. The van der Waals surface area contributed by atoms with E-state index in [-0.39, 0.29) is 22.7 Å². The van der Waals surface area contributed by atoms with Gasteiger partial charge in [-0.05, 0) is 62.1 Å². The van der Waals surface area contributed by atoms with Crippen LogP contribution in [0.2, 0.25) is 18.1 Å². The van der Waals surface area contributed by atoms with E-state index in [4.69, 9.17) is 9.16 Å². The number of rotatable bonds is 2. The summed E-state index contributed by atoms with van der Waals surface area (Å²) in [4.78, 5) is 12.2. The predicted molar refractivity (Wildman–Crippen MR) is 94.7 cm³/mol. The maximum absolute atomic E-state index is 12.2. The zero-order valence-corrected chi connectivity index (χ0v) is 16.4. The molecule has 0 N–H and O–H groups in total. The first-order chi connectivity index (χ1) is 10.5. The Morgan fingerprint density at radius 3 is 2.48 bits per heavy atom. The Morgan fingerprint density at radius 2 is 1.83 bits per heavy atom. The van der Waals surface area contributed by atoms with Crippen molar-refractivity contribution in [2.75, 3.05) is 0 Å². The number of fused-ring (bicyclic) bond motifs is 3. The molecule has 3 nitrogen and oxygen atoms in total. The molecule has 2 aliphatic carbocycles. The molecule has 0 spiro atoms. The maximum Gasteiger partial charge on any atom is 0.333 e. The van der Waals surface area contributed by atoms with E-state index < -0.39 is 8.32 Å². The van der Waals surface area contributed by atoms with Crippen molar-refractivity contribution in [2.45, 2.75) is 89.1 Å². The molecule has 23 heavy (non-hydrogen) atoms. The summed E-state index contributed by atoms with van der Waals surface area (Å²) in [6.45, 7) is 15.6. The van der Waals surface area contributed by atoms with Crippen molar-refractivity contribution in [2.24, 2.45) is 11.8 Å². The van der Waals surface area contributed by atoms with Crippen LogP contribution in [0.5, 0.6) is 0 Å². The molecule has 130 valence electrons. The Hall–Kier alpha value is -0.613. The second-order valence-electron chi connectivity index (χ2n) is 9.70. The van der Waals surface area contributed by atoms with Gasteiger partial charge in [-0.3, -0.25) is 0 Å². The maximum atomic E-state index is 12.2. The fraction of sp³-hybridized carbons (Fsp3) is 0.842. The minimum atomic E-state index is -1.84. The number of carbonyl (C=O) groups is 1. The Labute approximate surface area is 141 Å². The lowest BCUT2D eigenvalue weighted by atomic mass is 9.64. The van der Waals surface area contributed by atoms with Gasteiger partial charge in [-0.2, -0.15) is 0 Å². The lowest BCUT2D eigenvalue weighted by molar-refractivity contribution is -0.154. The first-order valence-electron chi connectivity index (χ1n) is 9.09. The summed E-state index contributed by atoms with van der Waals surface area (Å²) in [6, 6.07) is 0. The van der Waals surface area contributed by atoms with Crippen LogP contribution >= 0.6 is 0 Å². The number of hydrogen-bond acceptors (Lipinski definition) is 3. The molecule has 0 aromatic rings. The fourth-order valence-corrected chi connectivity index (χ4v) is 6.36. The van der Waals surface area contributed by atoms with Crippen molar-refractivity contribution in [3.63, 3.8) is 0 Å². The van der Waals surface area contributed by atoms with Crippen molar-refractivity contribution in [1.82, 2.24) is 0 Å². The first-order valence-corrected chi connectivity index (χ1v) is 12.0. The zero-order chi connectivity index (χ0) is 17.0. The van der Waals surface area contributed by atoms with Gasteiger partial charge in [-0.25, -0.2) is 4.79 Å². The number of ether oxygens (including phenoxy) is 1. The molecule has 4 rings (SSSR count). The lowest BCUT2D eigenvalue weighted by Gasteiger charge is -2.54. The molecule has 2 saturated heterocycles. The highest BCUT2D eigenvalue weighted by molar-refractivity contribution is 6.74. The van der Waals surface area contributed by atoms with Crippen molar-refractivity contribution < 1.29 is 14.0 Å². The van der Waals surface area contributed by atoms with E-state index >= 15 is 0 Å². The second kappa shape index (κ2) is 5.45. The summed E-state index contributed by atoms with van der Waals surface area (Å²) < 4.78 is 12.8. The van der Waals surface area contributed by atoms with Crippen LogP contribution in [-0.2, 0) is 14.0 Å². The van der Waals surface area contributed by atoms with Gasteiger partial charge in [0.05, 0.1) is 5.60 Å². The monoisotopic (exact) mass is 336 g/mol. The molecule has 0 radical (unpaired) electrons. The summed E-state index contributed by atoms with van der Waals surface area (Å²) in [7, 11) is -1.84. The average Bonchev–Trinajstić information content (AvgIpc) is 2.38. The van der Waals surface area contributed by atoms with E-state index in [9.17, 15) is 4.79 Å². The third-order valence-electron chi connectivity index (χ3n) is 6.56. The van der Waals surface area contributed by atoms with Crippen molar-refractivity contribution in [1.29, 1.82) is 0 Å². The molecule has 2 aliphatic heterocycles. The van der Waals surface area contributed by atoms with Crippen LogP contribution in [0.25, 0.3) is 0 Å². The summed E-state index contributed by atoms with van der Waals surface area (Å²) in [5, 5.41) is 0.206. The molecule has 4 bridgehead atoms. The van der Waals surface area contributed by atoms with Crippen molar-refractivity contribution >= 4 is 14.3 Å². The van der Waals surface area contributed by atoms with Gasteiger partial charge in [-0.1, -0.05) is 27.4 Å². The molecule has 0 aromatic heterocycles. The van der Waals surface area contributed by atoms with E-state index in [1.54, 1.807) is 0 Å². The molecule has 4 fully saturated rings. The van der Waals surface area contributed by atoms with E-state index in [0.717, 1.165) is 32.1 Å². The highest BCUT2D eigenvalue weighted by Gasteiger charge is 2.53. The fourth-order valence-electron chi connectivity index (χ4n) is 4.72. The SMILES string of the molecule is C=C1CC2CC3CC(CC(O[Si](C)(C)C(C)(C)C)(C2)C3)OC1=O. The van der Waals surface area contributed by atoms with Crippen LogP contribution in [0.4, 0.5) is 0 Å². The summed E-state index contributed by atoms with van der Waals surface area (Å²) in [6.07, 6.45) is 6.11. The Bertz CT molecular complexity index is 489. The van der Waals surface area contributed by atoms with Crippen molar-refractivity contribution in [3.8, 4) is 0 Å². The number of carbonyl (C=O) groups excluding carboxylic acids is 1. The molecule has 4 unspecified atom stereocenters. The van der Waals surface area contributed by atoms with Gasteiger partial charge >= 0.3 is 5.97 Å². The summed E-state index contributed by atoms with van der Waals surface area (Å²) in [5.41, 5.74) is 0.579. The normalized spacial score (nSPS) is 38.0. The molecular weight excluding hydrogens is 304 g/mol. The average molecular weight is 337 g/mol. The largest absolute Gasteiger partial charge is 0.459 e. The third-order valence-corrected chi connectivity index (χ3v) is 11.1. The van der Waals surface area contributed by atoms with Crippen molar-refractivity contribution in [3.05, 3.63) is 12.2 Å². The zero-order valence-electron chi connectivity index (χ0n) is 15.4. The molecular formula is C19H32O3Si. The highest BCUT2D eigenvalue weighted by atomic mass is 28.4. The third kappa shape index (κ3) is 3.30. The topological polar surface area (TPSA) is 35.5 Å². The first kappa shape index (κ1) is 17.2. The molecule has 4 atom stereocenters. The van der Waals surface area contributed by atoms with E-state index in [1.165, 1.54) is 6.42 Å². The molecule has 2 heterocycles. The van der Waals surface area contributed by atoms with Gasteiger partial charge in [0, 0.05) is 12.0 Å². The van der Waals surface area contributed by atoms with Crippen LogP contribution in [0.15, 0.2) is 12.2 Å². The standard InChI is InChI=1S/C19H32O3Si/c1-13-7-14-8-15-9-16(21-17(13)20)12-19(10-14,11-15)22-23(5,6)18(2,3)4/h14-16H,1,7-12H2,2-6H3. The molecule has 4 aliphatic rings. The molecule has 4 heteroatoms. The van der Waals surface area contributed by atoms with Gasteiger partial charge in [0.25, 0.3) is 0 Å². The number of hydrogen-bond donors (Lipinski definition) is 0. The van der Waals surface area contributed by atoms with Gasteiger partial charge in [0.1, 0.15) is 6.10 Å².